The van der Waals surface area contributed by atoms with Crippen molar-refractivity contribution in [3.05, 3.63) is 47.0 Å². The normalized spacial score (nSPS) is 15.6. The maximum Gasteiger partial charge on any atom is 0.190 e. The van der Waals surface area contributed by atoms with Gasteiger partial charge in [-0.2, -0.15) is 0 Å². The van der Waals surface area contributed by atoms with Crippen molar-refractivity contribution in [2.75, 3.05) is 20.1 Å². The van der Waals surface area contributed by atoms with Crippen molar-refractivity contribution in [1.29, 1.82) is 0 Å². The monoisotopic (exact) mass is 382 g/mol. The zero-order chi connectivity index (χ0) is 19.8. The van der Waals surface area contributed by atoms with Crippen molar-refractivity contribution in [2.24, 2.45) is 4.99 Å². The molecule has 1 atom stereocenters. The molecular weight excluding hydrogens is 348 g/mol. The van der Waals surface area contributed by atoms with Gasteiger partial charge < -0.3 is 15.2 Å². The van der Waals surface area contributed by atoms with Gasteiger partial charge in [0.25, 0.3) is 0 Å². The van der Waals surface area contributed by atoms with Crippen LogP contribution in [0.15, 0.2) is 29.3 Å². The molecule has 1 unspecified atom stereocenters. The molecule has 2 N–H and O–H groups in total. The van der Waals surface area contributed by atoms with Gasteiger partial charge in [-0.05, 0) is 37.7 Å². The average Bonchev–Trinajstić information content (AvgIpc) is 2.94. The predicted molar refractivity (Wildman–Crippen MR) is 115 cm³/mol. The second-order valence-electron chi connectivity index (χ2n) is 7.79. The SMILES string of the molecule is CN=C(NCCCc1nnc2n1CCCCC2)NCC(C)c1ccc(C)cc1. The summed E-state index contributed by atoms with van der Waals surface area (Å²) in [5.41, 5.74) is 2.65. The summed E-state index contributed by atoms with van der Waals surface area (Å²) in [6, 6.07) is 8.76. The third-order valence-electron chi connectivity index (χ3n) is 5.50. The van der Waals surface area contributed by atoms with Gasteiger partial charge in [0, 0.05) is 39.5 Å². The number of fused-ring (bicyclic) bond motifs is 1. The summed E-state index contributed by atoms with van der Waals surface area (Å²) in [6.07, 6.45) is 6.83. The second-order valence-corrected chi connectivity index (χ2v) is 7.79. The van der Waals surface area contributed by atoms with E-state index in [1.54, 1.807) is 0 Å². The fraction of sp³-hybridized carbons (Fsp3) is 0.591. The Morgan fingerprint density at radius 2 is 1.96 bits per heavy atom. The zero-order valence-corrected chi connectivity index (χ0v) is 17.5. The van der Waals surface area contributed by atoms with Crippen molar-refractivity contribution in [1.82, 2.24) is 25.4 Å². The lowest BCUT2D eigenvalue weighted by Crippen LogP contribution is -2.39. The van der Waals surface area contributed by atoms with E-state index in [9.17, 15) is 0 Å². The van der Waals surface area contributed by atoms with E-state index < -0.39 is 0 Å². The Morgan fingerprint density at radius 3 is 2.75 bits per heavy atom. The van der Waals surface area contributed by atoms with Crippen LogP contribution in [-0.2, 0) is 19.4 Å². The van der Waals surface area contributed by atoms with Crippen LogP contribution >= 0.6 is 0 Å². The van der Waals surface area contributed by atoms with Gasteiger partial charge in [0.1, 0.15) is 11.6 Å². The molecule has 2 aromatic rings. The fourth-order valence-corrected chi connectivity index (χ4v) is 3.67. The molecule has 1 aromatic carbocycles. The summed E-state index contributed by atoms with van der Waals surface area (Å²) in [6.45, 7) is 7.17. The number of hydrogen-bond donors (Lipinski definition) is 2. The number of guanidine groups is 1. The molecule has 0 spiro atoms. The van der Waals surface area contributed by atoms with Crippen molar-refractivity contribution >= 4 is 5.96 Å². The lowest BCUT2D eigenvalue weighted by molar-refractivity contribution is 0.593. The summed E-state index contributed by atoms with van der Waals surface area (Å²) in [5, 5.41) is 15.7. The van der Waals surface area contributed by atoms with E-state index in [1.807, 2.05) is 7.05 Å². The van der Waals surface area contributed by atoms with Gasteiger partial charge in [0.05, 0.1) is 0 Å². The van der Waals surface area contributed by atoms with Crippen LogP contribution in [0.4, 0.5) is 0 Å². The Kier molecular flexibility index (Phi) is 7.46. The third kappa shape index (κ3) is 5.57. The predicted octanol–water partition coefficient (Wildman–Crippen LogP) is 3.21. The first-order chi connectivity index (χ1) is 13.7. The number of aromatic nitrogens is 3. The molecule has 6 heteroatoms. The number of nitrogens with one attached hydrogen (secondary N) is 2. The Morgan fingerprint density at radius 1 is 1.14 bits per heavy atom. The van der Waals surface area contributed by atoms with Crippen LogP contribution in [0.2, 0.25) is 0 Å². The molecule has 0 fully saturated rings. The first-order valence-corrected chi connectivity index (χ1v) is 10.6. The fourth-order valence-electron chi connectivity index (χ4n) is 3.67. The molecule has 1 aliphatic heterocycles. The minimum atomic E-state index is 0.436. The standard InChI is InChI=1S/C22H34N6/c1-17-10-12-19(13-11-17)18(2)16-25-22(23-3)24-14-7-9-21-27-26-20-8-5-4-6-15-28(20)21/h10-13,18H,4-9,14-16H2,1-3H3,(H2,23,24,25). The molecule has 0 radical (unpaired) electrons. The van der Waals surface area contributed by atoms with Gasteiger partial charge in [-0.1, -0.05) is 43.2 Å². The highest BCUT2D eigenvalue weighted by molar-refractivity contribution is 5.79. The highest BCUT2D eigenvalue weighted by Crippen LogP contribution is 2.16. The summed E-state index contributed by atoms with van der Waals surface area (Å²) >= 11 is 0. The van der Waals surface area contributed by atoms with Crippen LogP contribution in [0.5, 0.6) is 0 Å². The molecule has 2 heterocycles. The number of benzene rings is 1. The number of hydrogen-bond acceptors (Lipinski definition) is 3. The van der Waals surface area contributed by atoms with Gasteiger partial charge in [0.15, 0.2) is 5.96 Å². The van der Waals surface area contributed by atoms with Crippen LogP contribution in [0, 0.1) is 6.92 Å². The Balaban J connectivity index is 1.40. The van der Waals surface area contributed by atoms with Crippen molar-refractivity contribution in [3.8, 4) is 0 Å². The van der Waals surface area contributed by atoms with E-state index in [0.717, 1.165) is 50.7 Å². The molecule has 152 valence electrons. The largest absolute Gasteiger partial charge is 0.356 e. The summed E-state index contributed by atoms with van der Waals surface area (Å²) in [4.78, 5) is 4.35. The van der Waals surface area contributed by atoms with Crippen LogP contribution in [0.3, 0.4) is 0 Å². The Bertz CT molecular complexity index is 762. The van der Waals surface area contributed by atoms with Crippen LogP contribution in [-0.4, -0.2) is 40.9 Å². The highest BCUT2D eigenvalue weighted by atomic mass is 15.3. The van der Waals surface area contributed by atoms with E-state index in [0.29, 0.717) is 5.92 Å². The lowest BCUT2D eigenvalue weighted by atomic mass is 10.0. The lowest BCUT2D eigenvalue weighted by Gasteiger charge is -2.16. The molecule has 0 saturated heterocycles. The average molecular weight is 383 g/mol. The summed E-state index contributed by atoms with van der Waals surface area (Å²) < 4.78 is 2.34. The first kappa shape index (κ1) is 20.4. The van der Waals surface area contributed by atoms with Crippen molar-refractivity contribution in [3.63, 3.8) is 0 Å². The van der Waals surface area contributed by atoms with E-state index in [2.05, 4.69) is 68.5 Å². The Hall–Kier alpha value is -2.37. The molecule has 0 aliphatic carbocycles. The topological polar surface area (TPSA) is 67.1 Å². The second kappa shape index (κ2) is 10.2. The molecule has 3 rings (SSSR count). The Labute approximate surface area is 168 Å². The zero-order valence-electron chi connectivity index (χ0n) is 17.5. The van der Waals surface area contributed by atoms with Gasteiger partial charge in [0.2, 0.25) is 0 Å². The molecule has 1 aromatic heterocycles. The highest BCUT2D eigenvalue weighted by Gasteiger charge is 2.14. The van der Waals surface area contributed by atoms with Crippen LogP contribution in [0.1, 0.15) is 61.3 Å². The number of aryl methyl sites for hydroxylation is 3. The van der Waals surface area contributed by atoms with E-state index >= 15 is 0 Å². The maximum atomic E-state index is 4.41. The molecule has 1 aliphatic rings. The first-order valence-electron chi connectivity index (χ1n) is 10.6. The molecule has 0 amide bonds. The molecule has 0 saturated carbocycles. The molecule has 28 heavy (non-hydrogen) atoms. The maximum absolute atomic E-state index is 4.41. The van der Waals surface area contributed by atoms with Crippen LogP contribution in [0.25, 0.3) is 0 Å². The van der Waals surface area contributed by atoms with Crippen molar-refractivity contribution < 1.29 is 0 Å². The number of nitrogens with zero attached hydrogens (tertiary/aromatic N) is 4. The van der Waals surface area contributed by atoms with E-state index in [-0.39, 0.29) is 0 Å². The van der Waals surface area contributed by atoms with Gasteiger partial charge >= 0.3 is 0 Å². The quantitative estimate of drug-likeness (QED) is 0.438. The van der Waals surface area contributed by atoms with E-state index in [4.69, 9.17) is 0 Å². The minimum Gasteiger partial charge on any atom is -0.356 e. The third-order valence-corrected chi connectivity index (χ3v) is 5.50. The molecule has 0 bridgehead atoms. The summed E-state index contributed by atoms with van der Waals surface area (Å²) in [7, 11) is 1.82. The van der Waals surface area contributed by atoms with Gasteiger partial charge in [-0.15, -0.1) is 10.2 Å². The van der Waals surface area contributed by atoms with E-state index in [1.165, 1.54) is 36.2 Å². The number of rotatable bonds is 7. The van der Waals surface area contributed by atoms with Gasteiger partial charge in [-0.25, -0.2) is 0 Å². The molecular formula is C22H34N6. The van der Waals surface area contributed by atoms with Crippen LogP contribution < -0.4 is 10.6 Å². The number of aliphatic imine (C=N–C) groups is 1. The van der Waals surface area contributed by atoms with Crippen molar-refractivity contribution in [2.45, 2.75) is 64.8 Å². The minimum absolute atomic E-state index is 0.436. The smallest absolute Gasteiger partial charge is 0.190 e. The summed E-state index contributed by atoms with van der Waals surface area (Å²) in [5.74, 6) is 3.60. The molecule has 6 nitrogen and oxygen atoms in total. The van der Waals surface area contributed by atoms with Gasteiger partial charge in [-0.3, -0.25) is 4.99 Å².